The Balaban J connectivity index is 1.65. The van der Waals surface area contributed by atoms with E-state index in [1.165, 1.54) is 22.1 Å². The van der Waals surface area contributed by atoms with E-state index in [2.05, 4.69) is 6.07 Å². The first kappa shape index (κ1) is 20.1. The van der Waals surface area contributed by atoms with E-state index in [0.717, 1.165) is 35.4 Å². The number of hydrazone groups is 1. The van der Waals surface area contributed by atoms with Gasteiger partial charge in [0.05, 0.1) is 23.8 Å². The van der Waals surface area contributed by atoms with Crippen molar-refractivity contribution in [2.24, 2.45) is 11.0 Å². The van der Waals surface area contributed by atoms with Crippen molar-refractivity contribution in [3.63, 3.8) is 0 Å². The lowest BCUT2D eigenvalue weighted by molar-refractivity contribution is 0.314. The van der Waals surface area contributed by atoms with Gasteiger partial charge in [0, 0.05) is 16.5 Å². The molecule has 3 aromatic rings. The largest absolute Gasteiger partial charge is 0.497 e. The van der Waals surface area contributed by atoms with Crippen molar-refractivity contribution >= 4 is 27.3 Å². The maximum Gasteiger partial charge on any atom is 0.279 e. The molecule has 0 aromatic heterocycles. The number of nitrogens with zero attached hydrogens (tertiary/aromatic N) is 2. The normalized spacial score (nSPS) is 20.1. The number of ether oxygens (including phenoxy) is 1. The van der Waals surface area contributed by atoms with Crippen molar-refractivity contribution in [3.8, 4) is 5.75 Å². The lowest BCUT2D eigenvalue weighted by Crippen LogP contribution is -2.32. The zero-order valence-electron chi connectivity index (χ0n) is 16.9. The minimum Gasteiger partial charge on any atom is -0.497 e. The van der Waals surface area contributed by atoms with Crippen LogP contribution in [0.5, 0.6) is 5.75 Å². The smallest absolute Gasteiger partial charge is 0.279 e. The maximum absolute atomic E-state index is 13.7. The van der Waals surface area contributed by atoms with Gasteiger partial charge in [-0.05, 0) is 60.4 Å². The Labute approximate surface area is 187 Å². The lowest BCUT2D eigenvalue weighted by atomic mass is 9.77. The van der Waals surface area contributed by atoms with Crippen LogP contribution in [0.3, 0.4) is 0 Å². The minimum absolute atomic E-state index is 0.0228. The third-order valence-corrected chi connectivity index (χ3v) is 7.93. The van der Waals surface area contributed by atoms with Gasteiger partial charge in [-0.1, -0.05) is 48.0 Å². The van der Waals surface area contributed by atoms with Gasteiger partial charge in [0.25, 0.3) is 10.0 Å². The number of hydrogen-bond acceptors (Lipinski definition) is 4. The summed E-state index contributed by atoms with van der Waals surface area (Å²) in [5.74, 6) is 0.703. The third kappa shape index (κ3) is 3.40. The second kappa shape index (κ2) is 7.70. The van der Waals surface area contributed by atoms with E-state index in [4.69, 9.17) is 21.4 Å². The van der Waals surface area contributed by atoms with E-state index >= 15 is 0 Å². The highest BCUT2D eigenvalue weighted by molar-refractivity contribution is 7.89. The first-order valence-corrected chi connectivity index (χ1v) is 11.9. The van der Waals surface area contributed by atoms with Gasteiger partial charge in [0.2, 0.25) is 0 Å². The number of aryl methyl sites for hydroxylation is 1. The topological polar surface area (TPSA) is 59.0 Å². The first-order chi connectivity index (χ1) is 15.0. The minimum atomic E-state index is -3.87. The van der Waals surface area contributed by atoms with E-state index < -0.39 is 16.1 Å². The molecule has 0 fully saturated rings. The number of hydrogen-bond donors (Lipinski definition) is 0. The fourth-order valence-corrected chi connectivity index (χ4v) is 6.06. The molecule has 0 saturated heterocycles. The quantitative estimate of drug-likeness (QED) is 0.555. The van der Waals surface area contributed by atoms with E-state index in [9.17, 15) is 8.42 Å². The number of fused-ring (bicyclic) bond motifs is 3. The fourth-order valence-electron chi connectivity index (χ4n) is 4.47. The standard InChI is InChI=1S/C24H21ClN2O3S/c1-30-19-11-6-17(7-12-19)24-22-15-8-16-4-2-3-5-21(16)23(22)26-27(24)31(28,29)20-13-9-18(25)10-14-20/h2-7,9-14,22,24H,8,15H2,1H3. The predicted molar refractivity (Wildman–Crippen MR) is 121 cm³/mol. The zero-order valence-corrected chi connectivity index (χ0v) is 18.5. The van der Waals surface area contributed by atoms with E-state index in [0.29, 0.717) is 5.02 Å². The van der Waals surface area contributed by atoms with Crippen molar-refractivity contribution in [1.82, 2.24) is 4.41 Å². The molecule has 5 nitrogen and oxygen atoms in total. The zero-order chi connectivity index (χ0) is 21.6. The van der Waals surface area contributed by atoms with Gasteiger partial charge < -0.3 is 4.74 Å². The molecule has 0 N–H and O–H groups in total. The summed E-state index contributed by atoms with van der Waals surface area (Å²) in [4.78, 5) is 0.173. The molecule has 3 aromatic carbocycles. The number of methoxy groups -OCH3 is 1. The van der Waals surface area contributed by atoms with Crippen LogP contribution in [-0.4, -0.2) is 25.7 Å². The molecule has 158 valence electrons. The Morgan fingerprint density at radius 1 is 1.00 bits per heavy atom. The summed E-state index contributed by atoms with van der Waals surface area (Å²) in [6.07, 6.45) is 1.72. The summed E-state index contributed by atoms with van der Waals surface area (Å²) >= 11 is 5.98. The van der Waals surface area contributed by atoms with Crippen molar-refractivity contribution < 1.29 is 13.2 Å². The van der Waals surface area contributed by atoms with E-state index in [1.807, 2.05) is 42.5 Å². The number of halogens is 1. The van der Waals surface area contributed by atoms with Crippen LogP contribution in [0.4, 0.5) is 0 Å². The Morgan fingerprint density at radius 3 is 2.42 bits per heavy atom. The van der Waals surface area contributed by atoms with Crippen LogP contribution in [0.25, 0.3) is 0 Å². The molecule has 1 aliphatic carbocycles. The summed E-state index contributed by atoms with van der Waals surface area (Å²) in [6.45, 7) is 0. The van der Waals surface area contributed by atoms with Crippen molar-refractivity contribution in [3.05, 3.63) is 94.5 Å². The van der Waals surface area contributed by atoms with Crippen LogP contribution in [0.15, 0.2) is 82.8 Å². The monoisotopic (exact) mass is 452 g/mol. The fraction of sp³-hybridized carbons (Fsp3) is 0.208. The number of sulfonamides is 1. The van der Waals surface area contributed by atoms with Gasteiger partial charge in [0.15, 0.2) is 0 Å². The van der Waals surface area contributed by atoms with Crippen molar-refractivity contribution in [2.45, 2.75) is 23.8 Å². The molecule has 7 heteroatoms. The highest BCUT2D eigenvalue weighted by Gasteiger charge is 2.46. The molecular weight excluding hydrogens is 432 g/mol. The van der Waals surface area contributed by atoms with E-state index in [1.54, 1.807) is 19.2 Å². The molecule has 0 spiro atoms. The Morgan fingerprint density at radius 2 is 1.71 bits per heavy atom. The molecule has 0 bridgehead atoms. The van der Waals surface area contributed by atoms with Gasteiger partial charge in [-0.25, -0.2) is 0 Å². The highest BCUT2D eigenvalue weighted by Crippen LogP contribution is 2.46. The van der Waals surface area contributed by atoms with Crippen LogP contribution < -0.4 is 4.74 Å². The number of benzene rings is 3. The SMILES string of the molecule is COc1ccc(C2C3CCc4ccccc4C3=NN2S(=O)(=O)c2ccc(Cl)cc2)cc1. The van der Waals surface area contributed by atoms with Crippen LogP contribution in [0.2, 0.25) is 5.02 Å². The molecule has 2 atom stereocenters. The molecular formula is C24H21ClN2O3S. The van der Waals surface area contributed by atoms with Crippen LogP contribution in [0.1, 0.15) is 29.2 Å². The molecule has 1 aliphatic heterocycles. The van der Waals surface area contributed by atoms with Gasteiger partial charge in [-0.15, -0.1) is 0 Å². The van der Waals surface area contributed by atoms with Gasteiger partial charge >= 0.3 is 0 Å². The third-order valence-electron chi connectivity index (χ3n) is 6.01. The van der Waals surface area contributed by atoms with Crippen molar-refractivity contribution in [1.29, 1.82) is 0 Å². The van der Waals surface area contributed by atoms with Crippen molar-refractivity contribution in [2.75, 3.05) is 7.11 Å². The maximum atomic E-state index is 13.7. The van der Waals surface area contributed by atoms with Gasteiger partial charge in [0.1, 0.15) is 5.75 Å². The van der Waals surface area contributed by atoms with Gasteiger partial charge in [-0.3, -0.25) is 0 Å². The predicted octanol–water partition coefficient (Wildman–Crippen LogP) is 5.06. The first-order valence-electron chi connectivity index (χ1n) is 10.1. The second-order valence-corrected chi connectivity index (χ2v) is 9.97. The summed E-state index contributed by atoms with van der Waals surface area (Å²) in [7, 11) is -2.26. The van der Waals surface area contributed by atoms with E-state index in [-0.39, 0.29) is 10.8 Å². The molecule has 2 aliphatic rings. The molecule has 5 rings (SSSR count). The highest BCUT2D eigenvalue weighted by atomic mass is 35.5. The summed E-state index contributed by atoms with van der Waals surface area (Å²) < 4.78 is 33.9. The Kier molecular flexibility index (Phi) is 4.99. The molecule has 31 heavy (non-hydrogen) atoms. The Bertz CT molecular complexity index is 1250. The molecule has 1 heterocycles. The number of rotatable bonds is 4. The lowest BCUT2D eigenvalue weighted by Gasteiger charge is -2.30. The average Bonchev–Trinajstić information content (AvgIpc) is 3.20. The molecule has 0 amide bonds. The molecule has 0 saturated carbocycles. The summed E-state index contributed by atoms with van der Waals surface area (Å²) in [5.41, 5.74) is 3.96. The van der Waals surface area contributed by atoms with Crippen LogP contribution in [-0.2, 0) is 16.4 Å². The average molecular weight is 453 g/mol. The molecule has 2 unspecified atom stereocenters. The van der Waals surface area contributed by atoms with Crippen LogP contribution >= 0.6 is 11.6 Å². The summed E-state index contributed by atoms with van der Waals surface area (Å²) in [6, 6.07) is 21.5. The van der Waals surface area contributed by atoms with Gasteiger partial charge in [-0.2, -0.15) is 17.9 Å². The second-order valence-electron chi connectivity index (χ2n) is 7.74. The van der Waals surface area contributed by atoms with Crippen LogP contribution in [0, 0.1) is 5.92 Å². The molecule has 0 radical (unpaired) electrons. The summed E-state index contributed by atoms with van der Waals surface area (Å²) in [5, 5.41) is 5.21. The Hall–Kier alpha value is -2.83.